The molecule has 1 aromatic carbocycles. The summed E-state index contributed by atoms with van der Waals surface area (Å²) in [5.74, 6) is 0.174. The first kappa shape index (κ1) is 15.9. The summed E-state index contributed by atoms with van der Waals surface area (Å²) in [4.78, 5) is 12.1. The number of carbonyl (C=O) groups excluding carboxylic acids is 1. The molecule has 0 spiro atoms. The maximum atomic E-state index is 12.1. The third-order valence-corrected chi connectivity index (χ3v) is 3.39. The first-order valence-electron chi connectivity index (χ1n) is 7.03. The average molecular weight is 262 g/mol. The van der Waals surface area contributed by atoms with Gasteiger partial charge in [-0.25, -0.2) is 0 Å². The molecule has 0 saturated carbocycles. The van der Waals surface area contributed by atoms with Crippen LogP contribution in [-0.4, -0.2) is 19.0 Å². The molecule has 1 rings (SSSR count). The van der Waals surface area contributed by atoms with Gasteiger partial charge in [-0.15, -0.1) is 0 Å². The molecule has 0 bridgehead atoms. The lowest BCUT2D eigenvalue weighted by Gasteiger charge is -2.19. The van der Waals surface area contributed by atoms with E-state index in [0.717, 1.165) is 18.4 Å². The van der Waals surface area contributed by atoms with E-state index in [1.165, 1.54) is 5.56 Å². The lowest BCUT2D eigenvalue weighted by molar-refractivity contribution is -0.128. The van der Waals surface area contributed by atoms with Crippen molar-refractivity contribution < 1.29 is 9.53 Å². The Balaban J connectivity index is 2.70. The zero-order valence-corrected chi connectivity index (χ0v) is 12.8. The second kappa shape index (κ2) is 6.85. The number of rotatable bonds is 6. The van der Waals surface area contributed by atoms with Gasteiger partial charge in [0.05, 0.1) is 0 Å². The Kier molecular flexibility index (Phi) is 5.74. The van der Waals surface area contributed by atoms with Gasteiger partial charge < -0.3 is 4.74 Å². The molecule has 0 heterocycles. The van der Waals surface area contributed by atoms with Gasteiger partial charge in [0.25, 0.3) is 0 Å². The molecule has 0 aliphatic rings. The lowest BCUT2D eigenvalue weighted by Crippen LogP contribution is -2.24. The van der Waals surface area contributed by atoms with Crippen molar-refractivity contribution in [2.75, 3.05) is 7.11 Å². The number of carbonyl (C=O) groups is 1. The average Bonchev–Trinajstić information content (AvgIpc) is 2.35. The highest BCUT2D eigenvalue weighted by atomic mass is 16.5. The normalized spacial score (nSPS) is 13.3. The van der Waals surface area contributed by atoms with Gasteiger partial charge in [-0.05, 0) is 23.0 Å². The Hall–Kier alpha value is -1.15. The Morgan fingerprint density at radius 1 is 1.21 bits per heavy atom. The number of ether oxygens (including phenoxy) is 1. The predicted octanol–water partition coefficient (Wildman–Crippen LogP) is 3.91. The van der Waals surface area contributed by atoms with Crippen LogP contribution < -0.4 is 0 Å². The van der Waals surface area contributed by atoms with E-state index in [0.29, 0.717) is 6.42 Å². The van der Waals surface area contributed by atoms with E-state index in [-0.39, 0.29) is 17.3 Å². The van der Waals surface area contributed by atoms with Crippen LogP contribution in [0.3, 0.4) is 0 Å². The van der Waals surface area contributed by atoms with Crippen LogP contribution in [0.5, 0.6) is 0 Å². The Morgan fingerprint density at radius 3 is 2.21 bits per heavy atom. The minimum Gasteiger partial charge on any atom is -0.374 e. The van der Waals surface area contributed by atoms with Crippen LogP contribution in [0.25, 0.3) is 0 Å². The van der Waals surface area contributed by atoms with E-state index in [4.69, 9.17) is 4.74 Å². The molecule has 0 saturated heterocycles. The molecule has 2 heteroatoms. The van der Waals surface area contributed by atoms with Crippen LogP contribution in [0, 0.1) is 0 Å². The van der Waals surface area contributed by atoms with Crippen LogP contribution in [0.1, 0.15) is 51.7 Å². The standard InChI is InChI=1S/C17H26O2/c1-6-7-16(19-5)15(18)12-13-8-10-14(11-9-13)17(2,3)4/h8-11,16H,6-7,12H2,1-5H3. The van der Waals surface area contributed by atoms with Crippen molar-refractivity contribution >= 4 is 5.78 Å². The van der Waals surface area contributed by atoms with Gasteiger partial charge in [0, 0.05) is 13.5 Å². The quantitative estimate of drug-likeness (QED) is 0.777. The number of benzene rings is 1. The van der Waals surface area contributed by atoms with Gasteiger partial charge in [-0.2, -0.15) is 0 Å². The predicted molar refractivity (Wildman–Crippen MR) is 79.6 cm³/mol. The minimum absolute atomic E-state index is 0.153. The molecule has 0 aliphatic heterocycles. The molecule has 0 aromatic heterocycles. The van der Waals surface area contributed by atoms with Gasteiger partial charge in [0.15, 0.2) is 5.78 Å². The van der Waals surface area contributed by atoms with E-state index < -0.39 is 0 Å². The summed E-state index contributed by atoms with van der Waals surface area (Å²) in [6.45, 7) is 8.64. The number of hydrogen-bond donors (Lipinski definition) is 0. The van der Waals surface area contributed by atoms with Gasteiger partial charge in [-0.3, -0.25) is 4.79 Å². The van der Waals surface area contributed by atoms with E-state index in [9.17, 15) is 4.79 Å². The van der Waals surface area contributed by atoms with E-state index in [2.05, 4.69) is 52.0 Å². The third-order valence-electron chi connectivity index (χ3n) is 3.39. The topological polar surface area (TPSA) is 26.3 Å². The maximum absolute atomic E-state index is 12.1. The van der Waals surface area contributed by atoms with Crippen LogP contribution in [0.2, 0.25) is 0 Å². The number of ketones is 1. The summed E-state index contributed by atoms with van der Waals surface area (Å²) < 4.78 is 5.25. The molecule has 19 heavy (non-hydrogen) atoms. The van der Waals surface area contributed by atoms with E-state index in [1.54, 1.807) is 7.11 Å². The zero-order valence-electron chi connectivity index (χ0n) is 12.8. The van der Waals surface area contributed by atoms with Crippen molar-refractivity contribution in [1.82, 2.24) is 0 Å². The highest BCUT2D eigenvalue weighted by Crippen LogP contribution is 2.22. The van der Waals surface area contributed by atoms with Gasteiger partial charge in [0.1, 0.15) is 6.10 Å². The Morgan fingerprint density at radius 2 is 1.79 bits per heavy atom. The molecule has 0 radical (unpaired) electrons. The highest BCUT2D eigenvalue weighted by Gasteiger charge is 2.18. The Bertz CT molecular complexity index is 398. The fraction of sp³-hybridized carbons (Fsp3) is 0.588. The Labute approximate surface area is 117 Å². The molecule has 0 amide bonds. The number of methoxy groups -OCH3 is 1. The summed E-state index contributed by atoms with van der Waals surface area (Å²) in [7, 11) is 1.61. The van der Waals surface area contributed by atoms with Crippen molar-refractivity contribution in [2.45, 2.75) is 58.5 Å². The summed E-state index contributed by atoms with van der Waals surface area (Å²) in [5, 5.41) is 0. The highest BCUT2D eigenvalue weighted by molar-refractivity contribution is 5.85. The molecule has 1 aromatic rings. The van der Waals surface area contributed by atoms with Gasteiger partial charge in [0.2, 0.25) is 0 Å². The molecule has 2 nitrogen and oxygen atoms in total. The number of Topliss-reactive ketones (excluding diaryl/α,β-unsaturated/α-hetero) is 1. The molecular formula is C17H26O2. The molecule has 1 atom stereocenters. The first-order valence-corrected chi connectivity index (χ1v) is 7.03. The molecule has 106 valence electrons. The van der Waals surface area contributed by atoms with Crippen LogP contribution >= 0.6 is 0 Å². The zero-order chi connectivity index (χ0) is 14.5. The third kappa shape index (κ3) is 4.79. The molecular weight excluding hydrogens is 236 g/mol. The molecule has 1 unspecified atom stereocenters. The minimum atomic E-state index is -0.257. The molecule has 0 aliphatic carbocycles. The fourth-order valence-electron chi connectivity index (χ4n) is 2.11. The van der Waals surface area contributed by atoms with Crippen molar-refractivity contribution in [3.63, 3.8) is 0 Å². The summed E-state index contributed by atoms with van der Waals surface area (Å²) in [6, 6.07) is 8.34. The second-order valence-corrected chi connectivity index (χ2v) is 6.10. The molecule has 0 fully saturated rings. The summed E-state index contributed by atoms with van der Waals surface area (Å²) in [5.41, 5.74) is 2.51. The van der Waals surface area contributed by atoms with E-state index >= 15 is 0 Å². The van der Waals surface area contributed by atoms with Crippen LogP contribution in [0.15, 0.2) is 24.3 Å². The monoisotopic (exact) mass is 262 g/mol. The maximum Gasteiger partial charge on any atom is 0.165 e. The van der Waals surface area contributed by atoms with E-state index in [1.807, 2.05) is 0 Å². The lowest BCUT2D eigenvalue weighted by atomic mass is 9.86. The fourth-order valence-corrected chi connectivity index (χ4v) is 2.11. The van der Waals surface area contributed by atoms with Crippen LogP contribution in [-0.2, 0) is 21.4 Å². The van der Waals surface area contributed by atoms with Crippen molar-refractivity contribution in [3.8, 4) is 0 Å². The second-order valence-electron chi connectivity index (χ2n) is 6.10. The summed E-state index contributed by atoms with van der Waals surface area (Å²) >= 11 is 0. The smallest absolute Gasteiger partial charge is 0.165 e. The number of hydrogen-bond acceptors (Lipinski definition) is 2. The van der Waals surface area contributed by atoms with Gasteiger partial charge >= 0.3 is 0 Å². The SMILES string of the molecule is CCCC(OC)C(=O)Cc1ccc(C(C)(C)C)cc1. The summed E-state index contributed by atoms with van der Waals surface area (Å²) in [6.07, 6.45) is 1.97. The van der Waals surface area contributed by atoms with Crippen LogP contribution in [0.4, 0.5) is 0 Å². The van der Waals surface area contributed by atoms with Crippen molar-refractivity contribution in [2.24, 2.45) is 0 Å². The van der Waals surface area contributed by atoms with Crippen molar-refractivity contribution in [3.05, 3.63) is 35.4 Å². The first-order chi connectivity index (χ1) is 8.88. The largest absolute Gasteiger partial charge is 0.374 e. The van der Waals surface area contributed by atoms with Crippen molar-refractivity contribution in [1.29, 1.82) is 0 Å². The van der Waals surface area contributed by atoms with Gasteiger partial charge in [-0.1, -0.05) is 58.4 Å². The molecule has 0 N–H and O–H groups in total.